The Balaban J connectivity index is 1.79. The van der Waals surface area contributed by atoms with E-state index in [-0.39, 0.29) is 11.3 Å². The third-order valence-corrected chi connectivity index (χ3v) is 8.79. The Morgan fingerprint density at radius 2 is 1.72 bits per heavy atom. The minimum absolute atomic E-state index is 0.116. The molecule has 36 heavy (non-hydrogen) atoms. The van der Waals surface area contributed by atoms with Crippen molar-refractivity contribution >= 4 is 11.8 Å². The molecule has 6 heteroatoms. The first-order chi connectivity index (χ1) is 17.2. The van der Waals surface area contributed by atoms with Gasteiger partial charge in [0.15, 0.2) is 0 Å². The lowest BCUT2D eigenvalue weighted by Crippen LogP contribution is -2.40. The number of benzene rings is 2. The van der Waals surface area contributed by atoms with E-state index in [9.17, 15) is 5.11 Å². The van der Waals surface area contributed by atoms with Crippen LogP contribution in [0, 0.1) is 5.41 Å². The zero-order valence-electron chi connectivity index (χ0n) is 23.1. The molecule has 0 saturated carbocycles. The van der Waals surface area contributed by atoms with Crippen LogP contribution >= 0.6 is 11.8 Å². The molecule has 2 aromatic carbocycles. The Morgan fingerprint density at radius 1 is 1.00 bits per heavy atom. The van der Waals surface area contributed by atoms with Crippen LogP contribution in [0.4, 0.5) is 0 Å². The monoisotopic (exact) mass is 516 g/mol. The summed E-state index contributed by atoms with van der Waals surface area (Å²) in [6, 6.07) is 14.6. The molecule has 3 rings (SSSR count). The van der Waals surface area contributed by atoms with E-state index in [1.165, 1.54) is 4.90 Å². The van der Waals surface area contributed by atoms with Crippen molar-refractivity contribution in [2.45, 2.75) is 56.4 Å². The molecule has 0 amide bonds. The van der Waals surface area contributed by atoms with Gasteiger partial charge in [-0.1, -0.05) is 38.8 Å². The number of thioether (sulfide) groups is 1. The molecule has 1 heterocycles. The van der Waals surface area contributed by atoms with Crippen LogP contribution in [-0.2, 0) is 4.74 Å². The molecule has 0 fully saturated rings. The second-order valence-corrected chi connectivity index (χ2v) is 12.0. The molecule has 1 unspecified atom stereocenters. The highest BCUT2D eigenvalue weighted by molar-refractivity contribution is 7.99. The number of hydrogen-bond donors (Lipinski definition) is 1. The van der Waals surface area contributed by atoms with Crippen LogP contribution in [0.15, 0.2) is 47.4 Å². The van der Waals surface area contributed by atoms with Crippen LogP contribution < -0.4 is 9.47 Å². The Morgan fingerprint density at radius 3 is 2.36 bits per heavy atom. The summed E-state index contributed by atoms with van der Waals surface area (Å²) >= 11 is 1.88. The van der Waals surface area contributed by atoms with Crippen molar-refractivity contribution in [3.63, 3.8) is 0 Å². The number of rotatable bonds is 13. The highest BCUT2D eigenvalue weighted by atomic mass is 32.2. The summed E-state index contributed by atoms with van der Waals surface area (Å²) in [4.78, 5) is 1.23. The molecule has 0 aliphatic carbocycles. The van der Waals surface area contributed by atoms with E-state index in [2.05, 4.69) is 59.3 Å². The lowest BCUT2D eigenvalue weighted by Gasteiger charge is -2.40. The number of fused-ring (bicyclic) bond motifs is 1. The van der Waals surface area contributed by atoms with Crippen LogP contribution in [0.3, 0.4) is 0 Å². The number of unbranched alkanes of at least 4 members (excludes halogenated alkanes) is 1. The summed E-state index contributed by atoms with van der Waals surface area (Å²) in [6.45, 7) is 7.25. The van der Waals surface area contributed by atoms with Gasteiger partial charge >= 0.3 is 0 Å². The highest BCUT2D eigenvalue weighted by Gasteiger charge is 2.44. The van der Waals surface area contributed by atoms with Gasteiger partial charge in [0.05, 0.1) is 47.6 Å². The van der Waals surface area contributed by atoms with Gasteiger partial charge in [-0.2, -0.15) is 0 Å². The van der Waals surface area contributed by atoms with Crippen molar-refractivity contribution in [3.8, 4) is 11.5 Å². The van der Waals surface area contributed by atoms with Crippen LogP contribution in [0.5, 0.6) is 11.5 Å². The number of hydrogen-bond acceptors (Lipinski definition) is 5. The largest absolute Gasteiger partial charge is 0.497 e. The number of methoxy groups -OCH3 is 1. The Labute approximate surface area is 222 Å². The number of nitrogens with zero attached hydrogens (tertiary/aromatic N) is 1. The minimum atomic E-state index is -0.476. The van der Waals surface area contributed by atoms with Crippen molar-refractivity contribution in [2.75, 3.05) is 60.4 Å². The Bertz CT molecular complexity index is 943. The predicted octanol–water partition coefficient (Wildman–Crippen LogP) is 5.98. The molecule has 3 atom stereocenters. The number of aliphatic hydroxyl groups is 1. The normalized spacial score (nSPS) is 22.1. The smallest absolute Gasteiger partial charge is 0.119 e. The van der Waals surface area contributed by atoms with Gasteiger partial charge in [0.2, 0.25) is 0 Å². The molecule has 0 aromatic heterocycles. The van der Waals surface area contributed by atoms with Gasteiger partial charge in [0, 0.05) is 22.0 Å². The minimum Gasteiger partial charge on any atom is -0.497 e. The standard InChI is InChI=1S/C30H46NO4S/c1-7-9-16-30(8-2)22-36-27-15-14-25(33-6)21-26(27)28(29(30)32)23-10-12-24(13-11-23)35-20-19-34-18-17-31(3,4)5/h10-15,21,28-29,32H,7-9,16-20,22H2,1-6H3/q+1/t28-,29-,30?/m1/s1. The van der Waals surface area contributed by atoms with Gasteiger partial charge in [-0.05, 0) is 54.3 Å². The lowest BCUT2D eigenvalue weighted by atomic mass is 9.69. The average Bonchev–Trinajstić information content (AvgIpc) is 2.98. The Kier molecular flexibility index (Phi) is 10.6. The van der Waals surface area contributed by atoms with E-state index in [0.29, 0.717) is 13.2 Å². The first-order valence-electron chi connectivity index (χ1n) is 13.3. The summed E-state index contributed by atoms with van der Waals surface area (Å²) < 4.78 is 18.1. The van der Waals surface area contributed by atoms with Gasteiger partial charge in [-0.25, -0.2) is 0 Å². The molecule has 2 aromatic rings. The van der Waals surface area contributed by atoms with E-state index in [1.54, 1.807) is 7.11 Å². The summed E-state index contributed by atoms with van der Waals surface area (Å²) in [6.07, 6.45) is 3.77. The van der Waals surface area contributed by atoms with Crippen LogP contribution in [0.2, 0.25) is 0 Å². The number of quaternary nitrogens is 1. The van der Waals surface area contributed by atoms with Crippen LogP contribution in [0.25, 0.3) is 0 Å². The predicted molar refractivity (Wildman–Crippen MR) is 149 cm³/mol. The molecule has 0 radical (unpaired) electrons. The average molecular weight is 517 g/mol. The number of likely N-dealkylation sites (N-methyl/N-ethyl adjacent to an activating group) is 1. The maximum atomic E-state index is 12.0. The maximum absolute atomic E-state index is 12.0. The first kappa shape index (κ1) is 28.8. The number of aliphatic hydroxyl groups excluding tert-OH is 1. The van der Waals surface area contributed by atoms with E-state index in [1.807, 2.05) is 30.0 Å². The molecular formula is C30H46NO4S+. The second kappa shape index (κ2) is 13.2. The highest BCUT2D eigenvalue weighted by Crippen LogP contribution is 2.51. The first-order valence-corrected chi connectivity index (χ1v) is 14.3. The summed E-state index contributed by atoms with van der Waals surface area (Å²) in [5, 5.41) is 12.0. The van der Waals surface area contributed by atoms with Gasteiger partial charge in [0.25, 0.3) is 0 Å². The van der Waals surface area contributed by atoms with E-state index in [4.69, 9.17) is 14.2 Å². The van der Waals surface area contributed by atoms with Gasteiger partial charge < -0.3 is 23.8 Å². The number of ether oxygens (including phenoxy) is 3. The molecule has 200 valence electrons. The van der Waals surface area contributed by atoms with E-state index in [0.717, 1.165) is 71.7 Å². The fourth-order valence-electron chi connectivity index (χ4n) is 4.89. The topological polar surface area (TPSA) is 47.9 Å². The second-order valence-electron chi connectivity index (χ2n) is 11.0. The van der Waals surface area contributed by atoms with Gasteiger partial charge in [-0.3, -0.25) is 0 Å². The SMILES string of the molecule is CCCCC1(CC)CSc2ccc(OC)cc2[C@@H](c2ccc(OCCOCC[N+](C)(C)C)cc2)[C@H]1O. The van der Waals surface area contributed by atoms with Crippen molar-refractivity contribution in [3.05, 3.63) is 53.6 Å². The molecule has 1 N–H and O–H groups in total. The van der Waals surface area contributed by atoms with Crippen molar-refractivity contribution in [1.29, 1.82) is 0 Å². The fraction of sp³-hybridized carbons (Fsp3) is 0.600. The lowest BCUT2D eigenvalue weighted by molar-refractivity contribution is -0.870. The van der Waals surface area contributed by atoms with E-state index >= 15 is 0 Å². The quantitative estimate of drug-likeness (QED) is 0.262. The fourth-order valence-corrected chi connectivity index (χ4v) is 6.37. The van der Waals surface area contributed by atoms with Crippen molar-refractivity contribution in [2.24, 2.45) is 5.41 Å². The molecule has 5 nitrogen and oxygen atoms in total. The molecule has 1 aliphatic heterocycles. The third kappa shape index (κ3) is 7.41. The molecule has 0 spiro atoms. The molecule has 0 saturated heterocycles. The molecular weight excluding hydrogens is 470 g/mol. The zero-order chi connectivity index (χ0) is 26.2. The summed E-state index contributed by atoms with van der Waals surface area (Å²) in [5.41, 5.74) is 2.13. The van der Waals surface area contributed by atoms with Crippen LogP contribution in [-0.4, -0.2) is 76.1 Å². The molecule has 0 bridgehead atoms. The van der Waals surface area contributed by atoms with Crippen LogP contribution in [0.1, 0.15) is 56.6 Å². The molecule has 1 aliphatic rings. The van der Waals surface area contributed by atoms with Crippen molar-refractivity contribution in [1.82, 2.24) is 0 Å². The van der Waals surface area contributed by atoms with Crippen molar-refractivity contribution < 1.29 is 23.8 Å². The zero-order valence-corrected chi connectivity index (χ0v) is 23.9. The van der Waals surface area contributed by atoms with Gasteiger partial charge in [-0.15, -0.1) is 11.8 Å². The Hall–Kier alpha value is -1.73. The maximum Gasteiger partial charge on any atom is 0.119 e. The van der Waals surface area contributed by atoms with Gasteiger partial charge in [0.1, 0.15) is 24.7 Å². The van der Waals surface area contributed by atoms with E-state index < -0.39 is 6.10 Å². The summed E-state index contributed by atoms with van der Waals surface area (Å²) in [7, 11) is 8.18. The third-order valence-electron chi connectivity index (χ3n) is 7.38. The summed E-state index contributed by atoms with van der Waals surface area (Å²) in [5.74, 6) is 2.46.